The van der Waals surface area contributed by atoms with Gasteiger partial charge in [0.05, 0.1) is 5.92 Å². The second-order valence-corrected chi connectivity index (χ2v) is 8.36. The molecular formula is C18H25ClF3N2O4S-. The summed E-state index contributed by atoms with van der Waals surface area (Å²) < 4.78 is 63.0. The molecule has 1 fully saturated rings. The number of likely N-dealkylation sites (tertiary alicyclic amines) is 1. The Kier molecular flexibility index (Phi) is 9.70. The number of nitrogens with zero attached hydrogens (tertiary/aromatic N) is 1. The summed E-state index contributed by atoms with van der Waals surface area (Å²) in [5, 5.41) is 2.85. The molecule has 0 radical (unpaired) electrons. The monoisotopic (exact) mass is 457 g/mol. The molecule has 0 bridgehead atoms. The van der Waals surface area contributed by atoms with Gasteiger partial charge < -0.3 is 26.8 Å². The van der Waals surface area contributed by atoms with Gasteiger partial charge in [0.1, 0.15) is 5.75 Å². The van der Waals surface area contributed by atoms with Gasteiger partial charge in [0.15, 0.2) is 0 Å². The fraction of sp³-hybridized carbons (Fsp3) is 0.611. The molecule has 11 heteroatoms. The van der Waals surface area contributed by atoms with Crippen molar-refractivity contribution in [3.8, 4) is 5.75 Å². The molecule has 0 unspecified atom stereocenters. The Labute approximate surface area is 175 Å². The maximum Gasteiger partial charge on any atom is 0.534 e. The van der Waals surface area contributed by atoms with Gasteiger partial charge in [-0.25, -0.2) is 0 Å². The number of piperidine rings is 1. The zero-order chi connectivity index (χ0) is 20.8. The SMILES string of the molecule is C[C@@H](C(=O)NCCCN1CCCCC1)c1ccc(OS(=O)(=O)C(F)(F)F)cc1.[Cl-]. The molecule has 1 saturated heterocycles. The summed E-state index contributed by atoms with van der Waals surface area (Å²) in [6.45, 7) is 5.35. The molecule has 1 atom stereocenters. The van der Waals surface area contributed by atoms with E-state index in [0.29, 0.717) is 12.1 Å². The van der Waals surface area contributed by atoms with Crippen molar-refractivity contribution in [1.82, 2.24) is 10.2 Å². The van der Waals surface area contributed by atoms with Crippen LogP contribution in [0.2, 0.25) is 0 Å². The average molecular weight is 458 g/mol. The minimum Gasteiger partial charge on any atom is -1.00 e. The molecular weight excluding hydrogens is 433 g/mol. The summed E-state index contributed by atoms with van der Waals surface area (Å²) >= 11 is 0. The van der Waals surface area contributed by atoms with E-state index in [1.54, 1.807) is 6.92 Å². The number of hydrogen-bond donors (Lipinski definition) is 1. The number of hydrogen-bond acceptors (Lipinski definition) is 5. The molecule has 29 heavy (non-hydrogen) atoms. The molecule has 0 aliphatic carbocycles. The van der Waals surface area contributed by atoms with E-state index < -0.39 is 27.3 Å². The molecule has 1 heterocycles. The summed E-state index contributed by atoms with van der Waals surface area (Å²) in [6, 6.07) is 4.94. The van der Waals surface area contributed by atoms with Crippen molar-refractivity contribution in [1.29, 1.82) is 0 Å². The van der Waals surface area contributed by atoms with Crippen LogP contribution in [0, 0.1) is 0 Å². The lowest BCUT2D eigenvalue weighted by Gasteiger charge is -2.26. The minimum absolute atomic E-state index is 0. The van der Waals surface area contributed by atoms with Gasteiger partial charge in [-0.3, -0.25) is 4.79 Å². The van der Waals surface area contributed by atoms with E-state index in [1.807, 2.05) is 0 Å². The van der Waals surface area contributed by atoms with E-state index in [0.717, 1.165) is 38.2 Å². The van der Waals surface area contributed by atoms with E-state index in [2.05, 4.69) is 14.4 Å². The lowest BCUT2D eigenvalue weighted by molar-refractivity contribution is -0.122. The first-order valence-electron chi connectivity index (χ1n) is 9.21. The van der Waals surface area contributed by atoms with Gasteiger partial charge in [-0.2, -0.15) is 21.6 Å². The van der Waals surface area contributed by atoms with Crippen molar-refractivity contribution < 1.29 is 43.0 Å². The van der Waals surface area contributed by atoms with Crippen LogP contribution in [0.15, 0.2) is 24.3 Å². The third-order valence-electron chi connectivity index (χ3n) is 4.66. The second kappa shape index (κ2) is 11.0. The lowest BCUT2D eigenvalue weighted by atomic mass is 10.0. The van der Waals surface area contributed by atoms with Crippen molar-refractivity contribution in [2.24, 2.45) is 0 Å². The number of amides is 1. The maximum absolute atomic E-state index is 12.3. The van der Waals surface area contributed by atoms with Crippen LogP contribution in [0.25, 0.3) is 0 Å². The quantitative estimate of drug-likeness (QED) is 0.338. The highest BCUT2D eigenvalue weighted by atomic mass is 35.5. The van der Waals surface area contributed by atoms with E-state index in [1.165, 1.54) is 31.4 Å². The highest BCUT2D eigenvalue weighted by Crippen LogP contribution is 2.28. The molecule has 1 aromatic rings. The highest BCUT2D eigenvalue weighted by Gasteiger charge is 2.48. The summed E-state index contributed by atoms with van der Waals surface area (Å²) in [6.07, 6.45) is 4.55. The Balaban J connectivity index is 0.00000420. The Morgan fingerprint density at radius 1 is 1.17 bits per heavy atom. The fourth-order valence-corrected chi connectivity index (χ4v) is 3.45. The number of nitrogens with one attached hydrogen (secondary N) is 1. The normalized spacial score (nSPS) is 16.6. The minimum atomic E-state index is -5.71. The molecule has 1 aliphatic rings. The zero-order valence-electron chi connectivity index (χ0n) is 16.0. The van der Waals surface area contributed by atoms with Gasteiger partial charge in [-0.15, -0.1) is 0 Å². The molecule has 166 valence electrons. The number of rotatable bonds is 8. The topological polar surface area (TPSA) is 75.7 Å². The Morgan fingerprint density at radius 2 is 1.76 bits per heavy atom. The molecule has 1 aliphatic heterocycles. The third kappa shape index (κ3) is 7.67. The first-order valence-corrected chi connectivity index (χ1v) is 10.6. The molecule has 0 aromatic heterocycles. The third-order valence-corrected chi connectivity index (χ3v) is 5.64. The van der Waals surface area contributed by atoms with Crippen LogP contribution >= 0.6 is 0 Å². The highest BCUT2D eigenvalue weighted by molar-refractivity contribution is 7.88. The van der Waals surface area contributed by atoms with Crippen molar-refractivity contribution in [3.05, 3.63) is 29.8 Å². The van der Waals surface area contributed by atoms with Crippen LogP contribution in [0.5, 0.6) is 5.75 Å². The largest absolute Gasteiger partial charge is 1.00 e. The molecule has 1 amide bonds. The fourth-order valence-electron chi connectivity index (χ4n) is 2.99. The first-order chi connectivity index (χ1) is 13.1. The van der Waals surface area contributed by atoms with Gasteiger partial charge in [-0.1, -0.05) is 18.6 Å². The van der Waals surface area contributed by atoms with Gasteiger partial charge in [0.25, 0.3) is 0 Å². The molecule has 0 spiro atoms. The van der Waals surface area contributed by atoms with Crippen LogP contribution in [-0.4, -0.2) is 50.9 Å². The summed E-state index contributed by atoms with van der Waals surface area (Å²) in [5.74, 6) is -1.19. The molecule has 1 aromatic carbocycles. The predicted molar refractivity (Wildman–Crippen MR) is 98.4 cm³/mol. The molecule has 6 nitrogen and oxygen atoms in total. The van der Waals surface area contributed by atoms with Gasteiger partial charge in [0.2, 0.25) is 5.91 Å². The summed E-state index contributed by atoms with van der Waals surface area (Å²) in [7, 11) is -5.71. The van der Waals surface area contributed by atoms with Crippen molar-refractivity contribution in [3.63, 3.8) is 0 Å². The van der Waals surface area contributed by atoms with E-state index >= 15 is 0 Å². The second-order valence-electron chi connectivity index (χ2n) is 6.82. The number of halogens is 4. The van der Waals surface area contributed by atoms with Crippen molar-refractivity contribution >= 4 is 16.0 Å². The van der Waals surface area contributed by atoms with Gasteiger partial charge in [0, 0.05) is 6.54 Å². The number of alkyl halides is 3. The van der Waals surface area contributed by atoms with Crippen LogP contribution in [-0.2, 0) is 14.9 Å². The van der Waals surface area contributed by atoms with Crippen molar-refractivity contribution in [2.75, 3.05) is 26.2 Å². The number of carbonyl (C=O) groups is 1. The number of benzene rings is 1. The summed E-state index contributed by atoms with van der Waals surface area (Å²) in [5.41, 5.74) is -4.95. The van der Waals surface area contributed by atoms with E-state index in [-0.39, 0.29) is 18.3 Å². The maximum atomic E-state index is 12.3. The van der Waals surface area contributed by atoms with Crippen LogP contribution in [0.1, 0.15) is 44.1 Å². The van der Waals surface area contributed by atoms with Crippen LogP contribution in [0.3, 0.4) is 0 Å². The number of carbonyl (C=O) groups excluding carboxylic acids is 1. The summed E-state index contributed by atoms with van der Waals surface area (Å²) in [4.78, 5) is 14.6. The van der Waals surface area contributed by atoms with Crippen LogP contribution < -0.4 is 21.9 Å². The Hall–Kier alpha value is -1.52. The van der Waals surface area contributed by atoms with E-state index in [4.69, 9.17) is 0 Å². The zero-order valence-corrected chi connectivity index (χ0v) is 17.6. The average Bonchev–Trinajstić information content (AvgIpc) is 2.65. The van der Waals surface area contributed by atoms with Crippen LogP contribution in [0.4, 0.5) is 13.2 Å². The lowest BCUT2D eigenvalue weighted by Crippen LogP contribution is -3.00. The Morgan fingerprint density at radius 3 is 2.31 bits per heavy atom. The smallest absolute Gasteiger partial charge is 0.534 e. The molecule has 2 rings (SSSR count). The predicted octanol–water partition coefficient (Wildman–Crippen LogP) is 0.0147. The molecule has 0 saturated carbocycles. The first kappa shape index (κ1) is 25.5. The van der Waals surface area contributed by atoms with E-state index in [9.17, 15) is 26.4 Å². The van der Waals surface area contributed by atoms with Gasteiger partial charge in [-0.05, 0) is 63.5 Å². The standard InChI is InChI=1S/C18H25F3N2O4S.ClH/c1-14(17(24)22-10-5-13-23-11-3-2-4-12-23)15-6-8-16(9-7-15)27-28(25,26)18(19,20)21;/h6-9,14H,2-5,10-13H2,1H3,(H,22,24);1H/p-1/t14-;/m1./s1. The Bertz CT molecular complexity index is 751. The van der Waals surface area contributed by atoms with Gasteiger partial charge >= 0.3 is 15.6 Å². The van der Waals surface area contributed by atoms with Crippen molar-refractivity contribution in [2.45, 2.75) is 44.0 Å². The molecule has 1 N–H and O–H groups in total.